The molecule has 86 valence electrons. The summed E-state index contributed by atoms with van der Waals surface area (Å²) in [7, 11) is 0. The molecule has 0 aliphatic carbocycles. The molecule has 0 spiro atoms. The summed E-state index contributed by atoms with van der Waals surface area (Å²) < 4.78 is 1.19. The lowest BCUT2D eigenvalue weighted by Crippen LogP contribution is -2.45. The van der Waals surface area contributed by atoms with E-state index in [0.29, 0.717) is 0 Å². The predicted molar refractivity (Wildman–Crippen MR) is 71.2 cm³/mol. The Morgan fingerprint density at radius 1 is 1.60 bits per heavy atom. The fraction of sp³-hybridized carbons (Fsp3) is 0.636. The summed E-state index contributed by atoms with van der Waals surface area (Å²) >= 11 is 5.28. The minimum absolute atomic E-state index is 0.0848. The number of thiophene rings is 1. The number of hydrogen-bond acceptors (Lipinski definition) is 3. The standard InChI is InChI=1S/C11H19BrN2S/c1-3-5-11(2,13)8-14-7-10-9(12)4-6-15-10/h4,6,14H,3,5,7-8,13H2,1-2H3. The van der Waals surface area contributed by atoms with E-state index >= 15 is 0 Å². The fourth-order valence-electron chi connectivity index (χ4n) is 1.57. The van der Waals surface area contributed by atoms with Crippen LogP contribution in [0, 0.1) is 0 Å². The van der Waals surface area contributed by atoms with Gasteiger partial charge in [-0.3, -0.25) is 0 Å². The summed E-state index contributed by atoms with van der Waals surface area (Å²) in [6.45, 7) is 6.04. The number of nitrogens with two attached hydrogens (primary N) is 1. The maximum absolute atomic E-state index is 6.13. The SMILES string of the molecule is CCCC(C)(N)CNCc1sccc1Br. The zero-order valence-electron chi connectivity index (χ0n) is 9.35. The Hall–Kier alpha value is 0.100. The van der Waals surface area contributed by atoms with Crippen LogP contribution in [0.2, 0.25) is 0 Å². The molecule has 0 aliphatic heterocycles. The van der Waals surface area contributed by atoms with E-state index in [9.17, 15) is 0 Å². The molecule has 0 bridgehead atoms. The van der Waals surface area contributed by atoms with Crippen LogP contribution in [-0.2, 0) is 6.54 Å². The van der Waals surface area contributed by atoms with E-state index in [-0.39, 0.29) is 5.54 Å². The Morgan fingerprint density at radius 3 is 2.87 bits per heavy atom. The molecule has 2 nitrogen and oxygen atoms in total. The molecule has 1 heterocycles. The smallest absolute Gasteiger partial charge is 0.0327 e. The molecule has 1 aromatic rings. The van der Waals surface area contributed by atoms with Crippen molar-refractivity contribution in [3.63, 3.8) is 0 Å². The Labute approximate surface area is 104 Å². The Kier molecular flexibility index (Phi) is 5.26. The molecule has 1 atom stereocenters. The van der Waals surface area contributed by atoms with E-state index in [4.69, 9.17) is 5.73 Å². The van der Waals surface area contributed by atoms with Crippen LogP contribution < -0.4 is 11.1 Å². The Morgan fingerprint density at radius 2 is 2.33 bits per heavy atom. The summed E-state index contributed by atoms with van der Waals surface area (Å²) in [4.78, 5) is 1.34. The van der Waals surface area contributed by atoms with Gasteiger partial charge in [-0.25, -0.2) is 0 Å². The highest BCUT2D eigenvalue weighted by atomic mass is 79.9. The summed E-state index contributed by atoms with van der Waals surface area (Å²) in [5, 5.41) is 5.50. The van der Waals surface area contributed by atoms with Gasteiger partial charge in [0.25, 0.3) is 0 Å². The highest BCUT2D eigenvalue weighted by Gasteiger charge is 2.16. The molecular weight excluding hydrogens is 272 g/mol. The van der Waals surface area contributed by atoms with Crippen LogP contribution in [0.1, 0.15) is 31.6 Å². The van der Waals surface area contributed by atoms with Crippen molar-refractivity contribution in [2.75, 3.05) is 6.54 Å². The third-order valence-electron chi connectivity index (χ3n) is 2.33. The first-order valence-corrected chi connectivity index (χ1v) is 6.94. The number of rotatable bonds is 6. The summed E-state index contributed by atoms with van der Waals surface area (Å²) in [5.41, 5.74) is 6.05. The Balaban J connectivity index is 2.30. The number of halogens is 1. The zero-order valence-corrected chi connectivity index (χ0v) is 11.7. The van der Waals surface area contributed by atoms with E-state index in [1.807, 2.05) is 0 Å². The van der Waals surface area contributed by atoms with Crippen molar-refractivity contribution in [3.8, 4) is 0 Å². The minimum atomic E-state index is -0.0848. The van der Waals surface area contributed by atoms with Crippen LogP contribution in [-0.4, -0.2) is 12.1 Å². The molecule has 0 radical (unpaired) electrons. The van der Waals surface area contributed by atoms with Gasteiger partial charge in [-0.05, 0) is 40.7 Å². The van der Waals surface area contributed by atoms with E-state index < -0.39 is 0 Å². The molecule has 0 aliphatic rings. The maximum Gasteiger partial charge on any atom is 0.0327 e. The van der Waals surface area contributed by atoms with Gasteiger partial charge in [0, 0.05) is 28.0 Å². The summed E-state index contributed by atoms with van der Waals surface area (Å²) in [5.74, 6) is 0. The summed E-state index contributed by atoms with van der Waals surface area (Å²) in [6, 6.07) is 2.08. The van der Waals surface area contributed by atoms with Crippen molar-refractivity contribution in [2.24, 2.45) is 5.73 Å². The Bertz CT molecular complexity index is 297. The van der Waals surface area contributed by atoms with Crippen LogP contribution >= 0.6 is 27.3 Å². The van der Waals surface area contributed by atoms with Gasteiger partial charge < -0.3 is 11.1 Å². The molecular formula is C11H19BrN2S. The average Bonchev–Trinajstić information content (AvgIpc) is 2.51. The third kappa shape index (κ3) is 4.64. The fourth-order valence-corrected chi connectivity index (χ4v) is 3.03. The second-order valence-corrected chi connectivity index (χ2v) is 6.05. The monoisotopic (exact) mass is 290 g/mol. The first kappa shape index (κ1) is 13.2. The van der Waals surface area contributed by atoms with Crippen molar-refractivity contribution in [1.82, 2.24) is 5.32 Å². The van der Waals surface area contributed by atoms with Crippen molar-refractivity contribution in [2.45, 2.75) is 38.8 Å². The highest BCUT2D eigenvalue weighted by Crippen LogP contribution is 2.22. The van der Waals surface area contributed by atoms with E-state index in [1.54, 1.807) is 11.3 Å². The zero-order chi connectivity index (χ0) is 11.3. The van der Waals surface area contributed by atoms with Gasteiger partial charge in [0.05, 0.1) is 0 Å². The average molecular weight is 291 g/mol. The van der Waals surface area contributed by atoms with Crippen molar-refractivity contribution >= 4 is 27.3 Å². The molecule has 3 N–H and O–H groups in total. The van der Waals surface area contributed by atoms with Gasteiger partial charge in [0.15, 0.2) is 0 Å². The molecule has 0 aromatic carbocycles. The first-order chi connectivity index (χ1) is 7.05. The van der Waals surface area contributed by atoms with Crippen LogP contribution in [0.4, 0.5) is 0 Å². The largest absolute Gasteiger partial charge is 0.324 e. The minimum Gasteiger partial charge on any atom is -0.324 e. The quantitative estimate of drug-likeness (QED) is 0.845. The molecule has 1 aromatic heterocycles. The van der Waals surface area contributed by atoms with Crippen LogP contribution in [0.15, 0.2) is 15.9 Å². The lowest BCUT2D eigenvalue weighted by molar-refractivity contribution is 0.397. The number of nitrogens with one attached hydrogen (secondary N) is 1. The van der Waals surface area contributed by atoms with Gasteiger partial charge in [0.1, 0.15) is 0 Å². The van der Waals surface area contributed by atoms with Gasteiger partial charge in [-0.1, -0.05) is 13.3 Å². The predicted octanol–water partition coefficient (Wildman–Crippen LogP) is 3.12. The van der Waals surface area contributed by atoms with Crippen LogP contribution in [0.3, 0.4) is 0 Å². The van der Waals surface area contributed by atoms with E-state index in [1.165, 1.54) is 9.35 Å². The van der Waals surface area contributed by atoms with Crippen molar-refractivity contribution < 1.29 is 0 Å². The molecule has 0 saturated heterocycles. The van der Waals surface area contributed by atoms with Gasteiger partial charge >= 0.3 is 0 Å². The van der Waals surface area contributed by atoms with Gasteiger partial charge in [-0.2, -0.15) is 0 Å². The molecule has 0 amide bonds. The molecule has 1 rings (SSSR count). The highest BCUT2D eigenvalue weighted by molar-refractivity contribution is 9.10. The van der Waals surface area contributed by atoms with Crippen LogP contribution in [0.25, 0.3) is 0 Å². The molecule has 4 heteroatoms. The molecule has 0 saturated carbocycles. The molecule has 1 unspecified atom stereocenters. The van der Waals surface area contributed by atoms with Crippen molar-refractivity contribution in [1.29, 1.82) is 0 Å². The molecule has 0 fully saturated rings. The van der Waals surface area contributed by atoms with Gasteiger partial charge in [0.2, 0.25) is 0 Å². The normalized spacial score (nSPS) is 15.2. The maximum atomic E-state index is 6.13. The lowest BCUT2D eigenvalue weighted by atomic mass is 9.98. The first-order valence-electron chi connectivity index (χ1n) is 5.26. The lowest BCUT2D eigenvalue weighted by Gasteiger charge is -2.24. The van der Waals surface area contributed by atoms with E-state index in [0.717, 1.165) is 25.9 Å². The van der Waals surface area contributed by atoms with E-state index in [2.05, 4.69) is 46.5 Å². The molecule has 15 heavy (non-hydrogen) atoms. The van der Waals surface area contributed by atoms with Crippen molar-refractivity contribution in [3.05, 3.63) is 20.8 Å². The second-order valence-electron chi connectivity index (χ2n) is 4.20. The van der Waals surface area contributed by atoms with Gasteiger partial charge in [-0.15, -0.1) is 11.3 Å². The third-order valence-corrected chi connectivity index (χ3v) is 4.25. The van der Waals surface area contributed by atoms with Crippen LogP contribution in [0.5, 0.6) is 0 Å². The summed E-state index contributed by atoms with van der Waals surface area (Å²) in [6.07, 6.45) is 2.20. The second kappa shape index (κ2) is 5.99. The number of hydrogen-bond donors (Lipinski definition) is 2. The topological polar surface area (TPSA) is 38.0 Å².